The smallest absolute Gasteiger partial charge is 0.0704 e. The molecule has 0 bridgehead atoms. The maximum Gasteiger partial charge on any atom is 0.0704 e. The van der Waals surface area contributed by atoms with Gasteiger partial charge >= 0.3 is 0 Å². The van der Waals surface area contributed by atoms with Crippen molar-refractivity contribution in [3.8, 4) is 0 Å². The van der Waals surface area contributed by atoms with Crippen molar-refractivity contribution >= 4 is 0 Å². The summed E-state index contributed by atoms with van der Waals surface area (Å²) in [6.45, 7) is 3.13. The Bertz CT molecular complexity index is 184. The molecule has 1 saturated carbocycles. The van der Waals surface area contributed by atoms with Gasteiger partial charge in [-0.3, -0.25) is 0 Å². The first-order chi connectivity index (χ1) is 9.86. The average Bonchev–Trinajstić information content (AvgIpc) is 2.48. The Labute approximate surface area is 121 Å². The second-order valence-electron chi connectivity index (χ2n) is 4.81. The van der Waals surface area contributed by atoms with Crippen LogP contribution in [-0.4, -0.2) is 75.3 Å². The molecule has 0 aliphatic heterocycles. The van der Waals surface area contributed by atoms with Crippen LogP contribution in [0, 0.1) is 0 Å². The zero-order valence-electron chi connectivity index (χ0n) is 12.2. The Morgan fingerprint density at radius 2 is 1.00 bits per heavy atom. The average molecular weight is 292 g/mol. The molecule has 0 aromatic carbocycles. The van der Waals surface area contributed by atoms with Gasteiger partial charge in [0, 0.05) is 0 Å². The third-order valence-electron chi connectivity index (χ3n) is 3.25. The van der Waals surface area contributed by atoms with E-state index in [9.17, 15) is 0 Å². The van der Waals surface area contributed by atoms with Crippen molar-refractivity contribution < 1.29 is 29.2 Å². The first kappa shape index (κ1) is 17.8. The van der Waals surface area contributed by atoms with Gasteiger partial charge in [-0.1, -0.05) is 0 Å². The molecule has 1 aliphatic carbocycles. The van der Waals surface area contributed by atoms with Gasteiger partial charge in [0.2, 0.25) is 0 Å². The van der Waals surface area contributed by atoms with Crippen LogP contribution >= 0.6 is 0 Å². The van der Waals surface area contributed by atoms with Crippen molar-refractivity contribution in [3.05, 3.63) is 0 Å². The summed E-state index contributed by atoms with van der Waals surface area (Å²) in [6, 6.07) is 0. The van der Waals surface area contributed by atoms with Crippen LogP contribution in [0.25, 0.3) is 0 Å². The highest BCUT2D eigenvalue weighted by molar-refractivity contribution is 4.73. The van der Waals surface area contributed by atoms with E-state index >= 15 is 0 Å². The third-order valence-corrected chi connectivity index (χ3v) is 3.25. The van der Waals surface area contributed by atoms with Gasteiger partial charge in [0.05, 0.1) is 65.1 Å². The summed E-state index contributed by atoms with van der Waals surface area (Å²) in [7, 11) is 0. The predicted octanol–water partition coefficient (Wildman–Crippen LogP) is 0.349. The summed E-state index contributed by atoms with van der Waals surface area (Å²) in [5.74, 6) is 0. The van der Waals surface area contributed by atoms with E-state index in [2.05, 4.69) is 0 Å². The number of aliphatic hydroxyl groups is 2. The van der Waals surface area contributed by atoms with E-state index in [0.717, 1.165) is 25.7 Å². The largest absolute Gasteiger partial charge is 0.394 e. The van der Waals surface area contributed by atoms with Crippen molar-refractivity contribution in [2.45, 2.75) is 37.9 Å². The van der Waals surface area contributed by atoms with Gasteiger partial charge in [0.25, 0.3) is 0 Å². The van der Waals surface area contributed by atoms with Crippen molar-refractivity contribution in [3.63, 3.8) is 0 Å². The van der Waals surface area contributed by atoms with Gasteiger partial charge in [-0.15, -0.1) is 0 Å². The summed E-state index contributed by atoms with van der Waals surface area (Å²) >= 11 is 0. The maximum atomic E-state index is 8.56. The van der Waals surface area contributed by atoms with Gasteiger partial charge in [0.15, 0.2) is 0 Å². The van der Waals surface area contributed by atoms with E-state index < -0.39 is 0 Å². The summed E-state index contributed by atoms with van der Waals surface area (Å²) < 4.78 is 21.7. The highest BCUT2D eigenvalue weighted by Crippen LogP contribution is 2.23. The second kappa shape index (κ2) is 12.5. The van der Waals surface area contributed by atoms with Gasteiger partial charge in [-0.2, -0.15) is 0 Å². The normalized spacial score (nSPS) is 23.1. The van der Waals surface area contributed by atoms with E-state index in [1.165, 1.54) is 0 Å². The van der Waals surface area contributed by atoms with Gasteiger partial charge in [-0.25, -0.2) is 0 Å². The van der Waals surface area contributed by atoms with E-state index in [1.54, 1.807) is 0 Å². The molecule has 0 heterocycles. The van der Waals surface area contributed by atoms with Crippen LogP contribution in [0.15, 0.2) is 0 Å². The Kier molecular flexibility index (Phi) is 11.1. The first-order valence-electron chi connectivity index (χ1n) is 7.47. The van der Waals surface area contributed by atoms with Crippen LogP contribution < -0.4 is 0 Å². The molecule has 0 radical (unpaired) electrons. The zero-order chi connectivity index (χ0) is 14.5. The lowest BCUT2D eigenvalue weighted by Gasteiger charge is -2.28. The topological polar surface area (TPSA) is 77.4 Å². The van der Waals surface area contributed by atoms with Crippen LogP contribution in [0.5, 0.6) is 0 Å². The monoisotopic (exact) mass is 292 g/mol. The minimum absolute atomic E-state index is 0.0600. The quantitative estimate of drug-likeness (QED) is 0.505. The van der Waals surface area contributed by atoms with Crippen molar-refractivity contribution in [1.82, 2.24) is 0 Å². The van der Waals surface area contributed by atoms with Gasteiger partial charge < -0.3 is 29.2 Å². The summed E-state index contributed by atoms with van der Waals surface area (Å²) in [6.07, 6.45) is 4.67. The molecule has 0 spiro atoms. The van der Waals surface area contributed by atoms with Crippen LogP contribution in [0.2, 0.25) is 0 Å². The summed E-state index contributed by atoms with van der Waals surface area (Å²) in [5.41, 5.74) is 0. The molecule has 20 heavy (non-hydrogen) atoms. The lowest BCUT2D eigenvalue weighted by atomic mass is 9.95. The molecular formula is C14H28O6. The minimum Gasteiger partial charge on any atom is -0.394 e. The molecule has 6 nitrogen and oxygen atoms in total. The van der Waals surface area contributed by atoms with E-state index in [1.807, 2.05) is 0 Å². The summed E-state index contributed by atoms with van der Waals surface area (Å²) in [5, 5.41) is 17.1. The fourth-order valence-corrected chi connectivity index (χ4v) is 2.25. The minimum atomic E-state index is 0.0600. The maximum absolute atomic E-state index is 8.56. The number of ether oxygens (including phenoxy) is 4. The lowest BCUT2D eigenvalue weighted by Crippen LogP contribution is -2.28. The van der Waals surface area contributed by atoms with E-state index in [4.69, 9.17) is 29.2 Å². The Morgan fingerprint density at radius 1 is 0.600 bits per heavy atom. The second-order valence-corrected chi connectivity index (χ2v) is 4.81. The Hall–Kier alpha value is -0.240. The molecule has 2 N–H and O–H groups in total. The Morgan fingerprint density at radius 3 is 1.35 bits per heavy atom. The van der Waals surface area contributed by atoms with E-state index in [0.29, 0.717) is 51.8 Å². The molecule has 1 fully saturated rings. The molecule has 1 rings (SSSR count). The van der Waals surface area contributed by atoms with Crippen LogP contribution in [0.4, 0.5) is 0 Å². The number of aliphatic hydroxyl groups excluding tert-OH is 2. The van der Waals surface area contributed by atoms with Crippen LogP contribution in [0.1, 0.15) is 25.7 Å². The fraction of sp³-hybridized carbons (Fsp3) is 1.00. The van der Waals surface area contributed by atoms with E-state index in [-0.39, 0.29) is 13.2 Å². The van der Waals surface area contributed by atoms with Crippen molar-refractivity contribution in [1.29, 1.82) is 0 Å². The highest BCUT2D eigenvalue weighted by Gasteiger charge is 2.21. The molecule has 0 saturated heterocycles. The molecule has 120 valence electrons. The molecule has 0 aromatic heterocycles. The van der Waals surface area contributed by atoms with Crippen molar-refractivity contribution in [2.75, 3.05) is 52.9 Å². The number of rotatable bonds is 12. The molecule has 0 amide bonds. The summed E-state index contributed by atoms with van der Waals surface area (Å²) in [4.78, 5) is 0. The molecule has 0 unspecified atom stereocenters. The predicted molar refractivity (Wildman–Crippen MR) is 73.8 cm³/mol. The lowest BCUT2D eigenvalue weighted by molar-refractivity contribution is -0.0576. The van der Waals surface area contributed by atoms with Crippen LogP contribution in [0.3, 0.4) is 0 Å². The molecule has 1 aliphatic rings. The van der Waals surface area contributed by atoms with Gasteiger partial charge in [0.1, 0.15) is 0 Å². The number of hydrogen-bond acceptors (Lipinski definition) is 6. The molecule has 0 aromatic rings. The van der Waals surface area contributed by atoms with Gasteiger partial charge in [-0.05, 0) is 25.7 Å². The van der Waals surface area contributed by atoms with Crippen molar-refractivity contribution in [2.24, 2.45) is 0 Å². The zero-order valence-corrected chi connectivity index (χ0v) is 12.2. The fourth-order valence-electron chi connectivity index (χ4n) is 2.25. The third kappa shape index (κ3) is 8.84. The first-order valence-corrected chi connectivity index (χ1v) is 7.47. The number of hydrogen-bond donors (Lipinski definition) is 2. The molecular weight excluding hydrogens is 264 g/mol. The molecule has 0 atom stereocenters. The standard InChI is InChI=1S/C14H28O6/c15-5-7-17-9-11-19-13-1-2-14(4-3-13)20-12-10-18-8-6-16/h13-16H,1-12H2. The highest BCUT2D eigenvalue weighted by atomic mass is 16.5. The Balaban J connectivity index is 1.91. The molecule has 6 heteroatoms. The van der Waals surface area contributed by atoms with Crippen LogP contribution in [-0.2, 0) is 18.9 Å². The SMILES string of the molecule is OCCOCCOC1CCC(OCCOCCO)CC1.